The Morgan fingerprint density at radius 1 is 1.44 bits per heavy atom. The van der Waals surface area contributed by atoms with Crippen LogP contribution in [0.3, 0.4) is 0 Å². The van der Waals surface area contributed by atoms with E-state index in [4.69, 9.17) is 17.0 Å². The molecule has 0 aliphatic carbocycles. The first-order valence-electron chi connectivity index (χ1n) is 6.23. The van der Waals surface area contributed by atoms with Gasteiger partial charge in [0.2, 0.25) is 0 Å². The fourth-order valence-electron chi connectivity index (χ4n) is 1.44. The molecule has 0 atom stereocenters. The number of aromatic nitrogens is 1. The van der Waals surface area contributed by atoms with Crippen LogP contribution in [-0.4, -0.2) is 29.9 Å². The molecule has 0 amide bonds. The Morgan fingerprint density at radius 3 is 3.00 bits per heavy atom. The van der Waals surface area contributed by atoms with Gasteiger partial charge in [-0.05, 0) is 49.7 Å². The van der Waals surface area contributed by atoms with Crippen LogP contribution in [0.5, 0.6) is 0 Å². The molecule has 0 saturated heterocycles. The van der Waals surface area contributed by atoms with Crippen molar-refractivity contribution in [2.75, 3.05) is 19.8 Å². The smallest absolute Gasteiger partial charge is 0.166 e. The van der Waals surface area contributed by atoms with Gasteiger partial charge in [0.1, 0.15) is 0 Å². The largest absolute Gasteiger partial charge is 0.382 e. The number of rotatable bonds is 7. The van der Waals surface area contributed by atoms with E-state index in [9.17, 15) is 0 Å². The van der Waals surface area contributed by atoms with E-state index in [-0.39, 0.29) is 0 Å². The van der Waals surface area contributed by atoms with Crippen LogP contribution in [0.25, 0.3) is 0 Å². The summed E-state index contributed by atoms with van der Waals surface area (Å²) in [5, 5.41) is 7.00. The summed E-state index contributed by atoms with van der Waals surface area (Å²) >= 11 is 5.19. The van der Waals surface area contributed by atoms with Gasteiger partial charge in [0.25, 0.3) is 0 Å². The lowest BCUT2D eigenvalue weighted by Gasteiger charge is -2.11. The second-order valence-corrected chi connectivity index (χ2v) is 4.37. The van der Waals surface area contributed by atoms with Crippen LogP contribution in [0, 0.1) is 6.92 Å². The number of nitrogens with zero attached hydrogens (tertiary/aromatic N) is 1. The molecule has 0 aliphatic rings. The van der Waals surface area contributed by atoms with Gasteiger partial charge in [0.15, 0.2) is 5.11 Å². The van der Waals surface area contributed by atoms with Crippen molar-refractivity contribution < 1.29 is 4.74 Å². The quantitative estimate of drug-likeness (QED) is 0.582. The molecule has 1 aromatic rings. The molecular weight excluding hydrogens is 246 g/mol. The van der Waals surface area contributed by atoms with E-state index in [0.717, 1.165) is 31.7 Å². The second kappa shape index (κ2) is 8.83. The van der Waals surface area contributed by atoms with Gasteiger partial charge in [-0.2, -0.15) is 0 Å². The Bertz CT molecular complexity index is 371. The molecule has 0 spiro atoms. The highest BCUT2D eigenvalue weighted by Crippen LogP contribution is 2.03. The first kappa shape index (κ1) is 14.9. The summed E-state index contributed by atoms with van der Waals surface area (Å²) in [5.74, 6) is 0. The van der Waals surface area contributed by atoms with Crippen LogP contribution >= 0.6 is 12.2 Å². The van der Waals surface area contributed by atoms with Crippen LogP contribution in [-0.2, 0) is 11.3 Å². The minimum absolute atomic E-state index is 0.676. The van der Waals surface area contributed by atoms with Crippen molar-refractivity contribution in [3.63, 3.8) is 0 Å². The van der Waals surface area contributed by atoms with Gasteiger partial charge in [0, 0.05) is 38.7 Å². The molecule has 1 rings (SSSR count). The van der Waals surface area contributed by atoms with Crippen LogP contribution in [0.4, 0.5) is 0 Å². The van der Waals surface area contributed by atoms with Gasteiger partial charge in [-0.15, -0.1) is 0 Å². The summed E-state index contributed by atoms with van der Waals surface area (Å²) < 4.78 is 5.25. The predicted octanol–water partition coefficient (Wildman–Crippen LogP) is 1.78. The lowest BCUT2D eigenvalue weighted by molar-refractivity contribution is 0.145. The average Bonchev–Trinajstić information content (AvgIpc) is 2.37. The number of ether oxygens (including phenoxy) is 1. The number of pyridine rings is 1. The number of hydrogen-bond acceptors (Lipinski definition) is 3. The minimum Gasteiger partial charge on any atom is -0.382 e. The third-order valence-corrected chi connectivity index (χ3v) is 2.83. The molecule has 1 heterocycles. The maximum absolute atomic E-state index is 5.25. The highest BCUT2D eigenvalue weighted by molar-refractivity contribution is 7.80. The zero-order valence-corrected chi connectivity index (χ0v) is 11.8. The van der Waals surface area contributed by atoms with Gasteiger partial charge in [-0.3, -0.25) is 4.98 Å². The average molecular weight is 267 g/mol. The van der Waals surface area contributed by atoms with E-state index in [0.29, 0.717) is 11.7 Å². The Hall–Kier alpha value is -1.20. The Balaban J connectivity index is 2.15. The van der Waals surface area contributed by atoms with Crippen LogP contribution in [0.1, 0.15) is 24.5 Å². The second-order valence-electron chi connectivity index (χ2n) is 3.96. The van der Waals surface area contributed by atoms with Crippen molar-refractivity contribution in [1.29, 1.82) is 0 Å². The summed E-state index contributed by atoms with van der Waals surface area (Å²) in [4.78, 5) is 4.10. The van der Waals surface area contributed by atoms with Crippen molar-refractivity contribution in [2.24, 2.45) is 0 Å². The van der Waals surface area contributed by atoms with Gasteiger partial charge in [-0.1, -0.05) is 0 Å². The monoisotopic (exact) mass is 267 g/mol. The summed E-state index contributed by atoms with van der Waals surface area (Å²) in [6.45, 7) is 7.14. The van der Waals surface area contributed by atoms with Gasteiger partial charge in [0.05, 0.1) is 0 Å². The Kier molecular flexibility index (Phi) is 7.29. The number of hydrogen-bond donors (Lipinski definition) is 2. The number of aryl methyl sites for hydroxylation is 1. The van der Waals surface area contributed by atoms with Gasteiger partial charge >= 0.3 is 0 Å². The standard InChI is InChI=1S/C13H21N3OS/c1-3-17-8-4-6-15-13(18)16-10-12-9-14-7-5-11(12)2/h5,7,9H,3-4,6,8,10H2,1-2H3,(H2,15,16,18). The maximum Gasteiger partial charge on any atom is 0.166 e. The molecule has 0 radical (unpaired) electrons. The summed E-state index contributed by atoms with van der Waals surface area (Å²) in [7, 11) is 0. The van der Waals surface area contributed by atoms with Crippen molar-refractivity contribution in [1.82, 2.24) is 15.6 Å². The van der Waals surface area contributed by atoms with Crippen molar-refractivity contribution in [2.45, 2.75) is 26.8 Å². The Morgan fingerprint density at radius 2 is 2.28 bits per heavy atom. The van der Waals surface area contributed by atoms with Crippen molar-refractivity contribution in [3.8, 4) is 0 Å². The van der Waals surface area contributed by atoms with E-state index in [2.05, 4.69) is 22.5 Å². The summed E-state index contributed by atoms with van der Waals surface area (Å²) in [6, 6.07) is 2.00. The van der Waals surface area contributed by atoms with Crippen molar-refractivity contribution in [3.05, 3.63) is 29.6 Å². The summed E-state index contributed by atoms with van der Waals surface area (Å²) in [5.41, 5.74) is 2.38. The predicted molar refractivity (Wildman–Crippen MR) is 77.5 cm³/mol. The van der Waals surface area contributed by atoms with E-state index in [1.807, 2.05) is 19.2 Å². The molecule has 0 aromatic carbocycles. The minimum atomic E-state index is 0.676. The molecule has 18 heavy (non-hydrogen) atoms. The SMILES string of the molecule is CCOCCCNC(=S)NCc1cnccc1C. The van der Waals surface area contributed by atoms with Crippen molar-refractivity contribution >= 4 is 17.3 Å². The molecule has 0 unspecified atom stereocenters. The topological polar surface area (TPSA) is 46.2 Å². The van der Waals surface area contributed by atoms with Gasteiger partial charge in [-0.25, -0.2) is 0 Å². The lowest BCUT2D eigenvalue weighted by Crippen LogP contribution is -2.35. The normalized spacial score (nSPS) is 10.1. The van der Waals surface area contributed by atoms with Gasteiger partial charge < -0.3 is 15.4 Å². The molecule has 2 N–H and O–H groups in total. The van der Waals surface area contributed by atoms with E-state index in [1.165, 1.54) is 5.56 Å². The molecule has 100 valence electrons. The first-order chi connectivity index (χ1) is 8.74. The number of nitrogens with one attached hydrogen (secondary N) is 2. The third-order valence-electron chi connectivity index (χ3n) is 2.54. The van der Waals surface area contributed by atoms with Crippen LogP contribution in [0.2, 0.25) is 0 Å². The lowest BCUT2D eigenvalue weighted by atomic mass is 10.2. The third kappa shape index (κ3) is 5.93. The molecule has 4 nitrogen and oxygen atoms in total. The molecule has 0 saturated carbocycles. The van der Waals surface area contributed by atoms with E-state index < -0.39 is 0 Å². The molecule has 0 bridgehead atoms. The highest BCUT2D eigenvalue weighted by Gasteiger charge is 1.99. The molecule has 0 fully saturated rings. The zero-order chi connectivity index (χ0) is 13.2. The number of thiocarbonyl (C=S) groups is 1. The highest BCUT2D eigenvalue weighted by atomic mass is 32.1. The molecule has 5 heteroatoms. The maximum atomic E-state index is 5.25. The van der Waals surface area contributed by atoms with Crippen LogP contribution < -0.4 is 10.6 Å². The zero-order valence-electron chi connectivity index (χ0n) is 11.0. The van der Waals surface area contributed by atoms with E-state index >= 15 is 0 Å². The molecule has 1 aromatic heterocycles. The fraction of sp³-hybridized carbons (Fsp3) is 0.538. The fourth-order valence-corrected chi connectivity index (χ4v) is 1.61. The first-order valence-corrected chi connectivity index (χ1v) is 6.63. The molecule has 0 aliphatic heterocycles. The van der Waals surface area contributed by atoms with Crippen LogP contribution in [0.15, 0.2) is 18.5 Å². The Labute approximate surface area is 114 Å². The van der Waals surface area contributed by atoms with E-state index in [1.54, 1.807) is 6.20 Å². The molecular formula is C13H21N3OS. The summed E-state index contributed by atoms with van der Waals surface area (Å²) in [6.07, 6.45) is 4.62.